The number of aromatic nitrogens is 4. The van der Waals surface area contributed by atoms with E-state index in [1.807, 2.05) is 0 Å². The average Bonchev–Trinajstić information content (AvgIpc) is 3.92. The zero-order chi connectivity index (χ0) is 36.3. The minimum atomic E-state index is -0.250. The number of allylic oxidation sites excluding steroid dienone is 4. The van der Waals surface area contributed by atoms with E-state index >= 15 is 0 Å². The molecule has 0 spiro atoms. The number of H-pyrrole nitrogens is 2. The molecule has 8 nitrogen and oxygen atoms in total. The van der Waals surface area contributed by atoms with Crippen molar-refractivity contribution in [3.63, 3.8) is 0 Å². The van der Waals surface area contributed by atoms with Crippen LogP contribution >= 0.6 is 0 Å². The quantitative estimate of drug-likeness (QED) is 0.154. The van der Waals surface area contributed by atoms with Crippen molar-refractivity contribution >= 4 is 67.1 Å². The molecule has 2 N–H and O–H groups in total. The van der Waals surface area contributed by atoms with Crippen LogP contribution in [0.2, 0.25) is 0 Å². The Bertz CT molecular complexity index is 2410. The second-order valence-electron chi connectivity index (χ2n) is 13.7. The summed E-state index contributed by atoms with van der Waals surface area (Å²) in [6, 6.07) is 21.5. The highest BCUT2D eigenvalue weighted by atomic mass is 16.5. The number of nitrogens with one attached hydrogen (secondary N) is 2. The van der Waals surface area contributed by atoms with E-state index in [0.717, 1.165) is 91.1 Å². The molecule has 0 radical (unpaired) electrons. The number of nitrogens with zero attached hydrogens (tertiary/aromatic N) is 2. The molecule has 8 heteroatoms. The maximum atomic E-state index is 12.4. The van der Waals surface area contributed by atoms with E-state index < -0.39 is 0 Å². The zero-order valence-corrected chi connectivity index (χ0v) is 30.5. The van der Waals surface area contributed by atoms with E-state index in [2.05, 4.69) is 98.3 Å². The number of methoxy groups -OCH3 is 2. The largest absolute Gasteiger partial charge is 0.469 e. The lowest BCUT2D eigenvalue weighted by atomic mass is 9.99. The highest BCUT2D eigenvalue weighted by Gasteiger charge is 2.28. The van der Waals surface area contributed by atoms with Crippen molar-refractivity contribution in [3.8, 4) is 22.3 Å². The third-order valence-electron chi connectivity index (χ3n) is 11.0. The highest BCUT2D eigenvalue weighted by Crippen LogP contribution is 2.51. The van der Waals surface area contributed by atoms with Crippen LogP contribution in [0.25, 0.3) is 77.4 Å². The Morgan fingerprint density at radius 2 is 1.04 bits per heavy atom. The third-order valence-corrected chi connectivity index (χ3v) is 11.0. The van der Waals surface area contributed by atoms with Crippen molar-refractivity contribution in [2.75, 3.05) is 14.2 Å². The molecule has 0 fully saturated rings. The Kier molecular flexibility index (Phi) is 8.41. The Morgan fingerprint density at radius 1 is 0.615 bits per heavy atom. The fourth-order valence-corrected chi connectivity index (χ4v) is 8.36. The Balaban J connectivity index is 1.51. The van der Waals surface area contributed by atoms with Gasteiger partial charge in [-0.25, -0.2) is 9.97 Å². The van der Waals surface area contributed by atoms with Crippen molar-refractivity contribution in [1.29, 1.82) is 0 Å². The molecule has 0 unspecified atom stereocenters. The van der Waals surface area contributed by atoms with Gasteiger partial charge in [-0.1, -0.05) is 50.2 Å². The van der Waals surface area contributed by atoms with Gasteiger partial charge in [-0.2, -0.15) is 0 Å². The van der Waals surface area contributed by atoms with E-state index in [4.69, 9.17) is 19.4 Å². The van der Waals surface area contributed by atoms with E-state index in [9.17, 15) is 9.59 Å². The predicted molar refractivity (Wildman–Crippen MR) is 209 cm³/mol. The standard InChI is InChI=1S/C44H42N4O4/c1-7-26-27(8-2)35-20-33-24(4)29(16-18-41(50)52-6)37(46-33)22-39-44-31-14-10-12-25-11-9-13-30(42(25)31)43(44)38(48-39)21-36-28(15-17-40(49)51-5)23(3)32(45-36)19-34(26)47-35/h9-14,19-22,47-48H,7-8,15-18H2,1-6H3. The number of ether oxygens (including phenoxy) is 2. The molecule has 2 aromatic carbocycles. The number of esters is 2. The lowest BCUT2D eigenvalue weighted by Gasteiger charge is -2.05. The van der Waals surface area contributed by atoms with Crippen molar-refractivity contribution in [2.45, 2.75) is 66.2 Å². The molecule has 0 amide bonds. The summed E-state index contributed by atoms with van der Waals surface area (Å²) in [6.07, 6.45) is 3.25. The van der Waals surface area contributed by atoms with Crippen LogP contribution in [0.15, 0.2) is 60.7 Å². The van der Waals surface area contributed by atoms with Crippen LogP contribution < -0.4 is 0 Å². The topological polar surface area (TPSA) is 110 Å². The Morgan fingerprint density at radius 3 is 1.46 bits per heavy atom. The van der Waals surface area contributed by atoms with Crippen LogP contribution in [0.4, 0.5) is 0 Å². The number of rotatable bonds is 8. The van der Waals surface area contributed by atoms with Crippen molar-refractivity contribution in [1.82, 2.24) is 19.9 Å². The first kappa shape index (κ1) is 33.4. The number of aromatic amines is 2. The lowest BCUT2D eigenvalue weighted by molar-refractivity contribution is -0.141. The Hall–Kier alpha value is -5.76. The van der Waals surface area contributed by atoms with Gasteiger partial charge < -0.3 is 19.4 Å². The number of carbonyl (C=O) groups is 2. The molecule has 3 aromatic heterocycles. The van der Waals surface area contributed by atoms with Gasteiger partial charge in [0.1, 0.15) is 0 Å². The number of hydrogen-bond acceptors (Lipinski definition) is 6. The molecule has 8 bridgehead atoms. The van der Waals surface area contributed by atoms with Crippen molar-refractivity contribution in [3.05, 3.63) is 94.6 Å². The second-order valence-corrected chi connectivity index (χ2v) is 13.7. The monoisotopic (exact) mass is 690 g/mol. The zero-order valence-electron chi connectivity index (χ0n) is 30.5. The highest BCUT2D eigenvalue weighted by molar-refractivity contribution is 6.22. The minimum Gasteiger partial charge on any atom is -0.469 e. The lowest BCUT2D eigenvalue weighted by Crippen LogP contribution is -2.00. The summed E-state index contributed by atoms with van der Waals surface area (Å²) in [7, 11) is 2.86. The summed E-state index contributed by atoms with van der Waals surface area (Å²) in [6.45, 7) is 8.57. The fourth-order valence-electron chi connectivity index (χ4n) is 8.36. The van der Waals surface area contributed by atoms with Crippen LogP contribution in [-0.2, 0) is 31.9 Å². The second kappa shape index (κ2) is 13.1. The van der Waals surface area contributed by atoms with Gasteiger partial charge in [0.2, 0.25) is 0 Å². The number of benzene rings is 2. The summed E-state index contributed by atoms with van der Waals surface area (Å²) in [5.41, 5.74) is 18.6. The molecular formula is C44H42N4O4. The molecule has 0 atom stereocenters. The average molecular weight is 691 g/mol. The maximum absolute atomic E-state index is 12.4. The van der Waals surface area contributed by atoms with Crippen LogP contribution in [0.5, 0.6) is 0 Å². The first-order chi connectivity index (χ1) is 25.2. The maximum Gasteiger partial charge on any atom is 0.305 e. The van der Waals surface area contributed by atoms with E-state index in [0.29, 0.717) is 12.8 Å². The van der Waals surface area contributed by atoms with Crippen molar-refractivity contribution < 1.29 is 19.1 Å². The summed E-state index contributed by atoms with van der Waals surface area (Å²) in [5, 5.41) is 2.41. The summed E-state index contributed by atoms with van der Waals surface area (Å²) < 4.78 is 10.1. The first-order valence-corrected chi connectivity index (χ1v) is 18.1. The summed E-state index contributed by atoms with van der Waals surface area (Å²) in [5.74, 6) is -0.499. The van der Waals surface area contributed by atoms with Gasteiger partial charge in [0.05, 0.1) is 37.0 Å². The summed E-state index contributed by atoms with van der Waals surface area (Å²) in [4.78, 5) is 42.9. The minimum absolute atomic E-state index is 0.250. The van der Waals surface area contributed by atoms with Crippen LogP contribution in [0.1, 0.15) is 87.3 Å². The van der Waals surface area contributed by atoms with E-state index in [1.54, 1.807) is 0 Å². The van der Waals surface area contributed by atoms with Gasteiger partial charge in [-0.3, -0.25) is 9.59 Å². The number of fused-ring (bicyclic) bond motifs is 13. The predicted octanol–water partition coefficient (Wildman–Crippen LogP) is 10.0. The van der Waals surface area contributed by atoms with Crippen molar-refractivity contribution in [2.24, 2.45) is 0 Å². The van der Waals surface area contributed by atoms with Crippen LogP contribution in [0, 0.1) is 0 Å². The smallest absolute Gasteiger partial charge is 0.305 e. The molecule has 2 aliphatic heterocycles. The number of hydrogen-bond donors (Lipinski definition) is 2. The molecule has 1 aliphatic carbocycles. The van der Waals surface area contributed by atoms with Crippen LogP contribution in [-0.4, -0.2) is 46.1 Å². The van der Waals surface area contributed by atoms with E-state index in [1.165, 1.54) is 47.2 Å². The first-order valence-electron chi connectivity index (χ1n) is 18.1. The normalized spacial score (nSPS) is 13.3. The van der Waals surface area contributed by atoms with Gasteiger partial charge in [0, 0.05) is 46.0 Å². The fraction of sp³-hybridized carbons (Fsp3) is 0.273. The Labute approximate surface area is 302 Å². The number of carbonyl (C=O) groups excluding carboxylic acids is 2. The van der Waals surface area contributed by atoms with E-state index in [-0.39, 0.29) is 24.8 Å². The van der Waals surface area contributed by atoms with Gasteiger partial charge in [0.25, 0.3) is 0 Å². The molecule has 0 saturated carbocycles. The third kappa shape index (κ3) is 5.36. The molecule has 5 heterocycles. The van der Waals surface area contributed by atoms with Gasteiger partial charge in [0.15, 0.2) is 0 Å². The van der Waals surface area contributed by atoms with Gasteiger partial charge in [-0.15, -0.1) is 0 Å². The number of aryl methyl sites for hydroxylation is 2. The molecule has 8 rings (SSSR count). The molecule has 262 valence electrons. The summed E-state index contributed by atoms with van der Waals surface area (Å²) >= 11 is 0. The SMILES string of the molecule is CCc1c(CC)c2cc3nc(cc4[nH]c(cc5nc(cc1[nH]2)C(C)=C5CCC(=O)OC)c1c4-c2cccc4cccc-1c24)C(CCC(=O)OC)=C3C. The molecule has 0 saturated heterocycles. The molecule has 3 aliphatic rings. The van der Waals surface area contributed by atoms with Gasteiger partial charge >= 0.3 is 11.9 Å². The molecular weight excluding hydrogens is 649 g/mol. The van der Waals surface area contributed by atoms with Gasteiger partial charge in [-0.05, 0) is 119 Å². The molecule has 52 heavy (non-hydrogen) atoms. The van der Waals surface area contributed by atoms with Crippen LogP contribution in [0.3, 0.4) is 0 Å². The molecule has 5 aromatic rings.